The second-order valence-corrected chi connectivity index (χ2v) is 5.73. The van der Waals surface area contributed by atoms with Gasteiger partial charge in [-0.15, -0.1) is 11.3 Å². The molecule has 4 nitrogen and oxygen atoms in total. The van der Waals surface area contributed by atoms with E-state index in [-0.39, 0.29) is 12.5 Å². The van der Waals surface area contributed by atoms with E-state index < -0.39 is 5.97 Å². The second kappa shape index (κ2) is 6.52. The van der Waals surface area contributed by atoms with Gasteiger partial charge in [-0.25, -0.2) is 4.98 Å². The number of carbonyl (C=O) groups is 1. The van der Waals surface area contributed by atoms with Crippen LogP contribution in [0, 0.1) is 0 Å². The highest BCUT2D eigenvalue weighted by molar-refractivity contribution is 7.09. The highest BCUT2D eigenvalue weighted by Gasteiger charge is 2.07. The standard InChI is InChI=1S/C15H17NO3S/c1-10(2)19-13-5-3-11(4-6-13)7-14-16-12(9-20-14)8-15(17)18/h3-6,9-10H,7-8H2,1-2H3,(H,17,18). The Hall–Kier alpha value is -1.88. The monoisotopic (exact) mass is 291 g/mol. The van der Waals surface area contributed by atoms with Crippen molar-refractivity contribution >= 4 is 17.3 Å². The Labute approximate surface area is 122 Å². The second-order valence-electron chi connectivity index (χ2n) is 4.79. The van der Waals surface area contributed by atoms with Gasteiger partial charge < -0.3 is 9.84 Å². The fourth-order valence-corrected chi connectivity index (χ4v) is 2.63. The fourth-order valence-electron chi connectivity index (χ4n) is 1.80. The quantitative estimate of drug-likeness (QED) is 0.888. The van der Waals surface area contributed by atoms with E-state index in [9.17, 15) is 4.79 Å². The Kier molecular flexibility index (Phi) is 4.74. The number of ether oxygens (including phenoxy) is 1. The van der Waals surface area contributed by atoms with Crippen molar-refractivity contribution in [1.82, 2.24) is 4.98 Å². The Bertz CT molecular complexity index is 575. The first-order chi connectivity index (χ1) is 9.52. The number of carboxylic acids is 1. The molecule has 0 saturated carbocycles. The summed E-state index contributed by atoms with van der Waals surface area (Å²) in [5, 5.41) is 11.5. The minimum absolute atomic E-state index is 0.0162. The Morgan fingerprint density at radius 1 is 1.35 bits per heavy atom. The summed E-state index contributed by atoms with van der Waals surface area (Å²) in [6.07, 6.45) is 0.863. The lowest BCUT2D eigenvalue weighted by Crippen LogP contribution is -2.05. The lowest BCUT2D eigenvalue weighted by molar-refractivity contribution is -0.136. The maximum atomic E-state index is 10.6. The molecular weight excluding hydrogens is 274 g/mol. The van der Waals surface area contributed by atoms with Crippen molar-refractivity contribution in [2.24, 2.45) is 0 Å². The van der Waals surface area contributed by atoms with Crippen LogP contribution in [-0.4, -0.2) is 22.2 Å². The predicted octanol–water partition coefficient (Wildman–Crippen LogP) is 3.15. The summed E-state index contributed by atoms with van der Waals surface area (Å²) in [7, 11) is 0. The van der Waals surface area contributed by atoms with Crippen LogP contribution in [0.5, 0.6) is 5.75 Å². The number of aromatic nitrogens is 1. The molecule has 0 fully saturated rings. The summed E-state index contributed by atoms with van der Waals surface area (Å²) in [5.74, 6) is 0.00601. The lowest BCUT2D eigenvalue weighted by atomic mass is 10.1. The molecular formula is C15H17NO3S. The predicted molar refractivity (Wildman–Crippen MR) is 78.5 cm³/mol. The Balaban J connectivity index is 1.99. The van der Waals surface area contributed by atoms with Gasteiger partial charge in [0.05, 0.1) is 23.2 Å². The molecule has 1 aromatic carbocycles. The number of hydrogen-bond donors (Lipinski definition) is 1. The zero-order valence-corrected chi connectivity index (χ0v) is 12.3. The number of benzene rings is 1. The van der Waals surface area contributed by atoms with Crippen molar-refractivity contribution in [3.63, 3.8) is 0 Å². The van der Waals surface area contributed by atoms with Crippen molar-refractivity contribution in [1.29, 1.82) is 0 Å². The minimum Gasteiger partial charge on any atom is -0.491 e. The first-order valence-electron chi connectivity index (χ1n) is 6.43. The van der Waals surface area contributed by atoms with Crippen molar-refractivity contribution in [2.45, 2.75) is 32.8 Å². The summed E-state index contributed by atoms with van der Waals surface area (Å²) >= 11 is 1.50. The van der Waals surface area contributed by atoms with Gasteiger partial charge >= 0.3 is 5.97 Å². The van der Waals surface area contributed by atoms with Gasteiger partial charge in [0.1, 0.15) is 5.75 Å². The Morgan fingerprint density at radius 3 is 2.65 bits per heavy atom. The SMILES string of the molecule is CC(C)Oc1ccc(Cc2nc(CC(=O)O)cs2)cc1. The minimum atomic E-state index is -0.850. The third-order valence-corrected chi connectivity index (χ3v) is 3.48. The molecule has 0 aliphatic carbocycles. The molecule has 0 saturated heterocycles. The van der Waals surface area contributed by atoms with Crippen molar-refractivity contribution in [3.05, 3.63) is 45.9 Å². The summed E-state index contributed by atoms with van der Waals surface area (Å²) in [4.78, 5) is 14.9. The van der Waals surface area contributed by atoms with Crippen LogP contribution in [0.3, 0.4) is 0 Å². The zero-order valence-electron chi connectivity index (χ0n) is 11.5. The van der Waals surface area contributed by atoms with Crippen LogP contribution in [0.25, 0.3) is 0 Å². The molecule has 1 N–H and O–H groups in total. The van der Waals surface area contributed by atoms with Gasteiger partial charge in [-0.05, 0) is 31.5 Å². The molecule has 0 aliphatic heterocycles. The number of rotatable bonds is 6. The van der Waals surface area contributed by atoms with Gasteiger partial charge in [0, 0.05) is 11.8 Å². The molecule has 0 spiro atoms. The van der Waals surface area contributed by atoms with Crippen LogP contribution in [-0.2, 0) is 17.6 Å². The van der Waals surface area contributed by atoms with Gasteiger partial charge in [-0.3, -0.25) is 4.79 Å². The van der Waals surface area contributed by atoms with Crippen LogP contribution in [0.4, 0.5) is 0 Å². The highest BCUT2D eigenvalue weighted by atomic mass is 32.1. The van der Waals surface area contributed by atoms with E-state index in [2.05, 4.69) is 4.98 Å². The molecule has 2 aromatic rings. The number of nitrogens with zero attached hydrogens (tertiary/aromatic N) is 1. The van der Waals surface area contributed by atoms with Gasteiger partial charge in [0.2, 0.25) is 0 Å². The molecule has 0 amide bonds. The average Bonchev–Trinajstić information content (AvgIpc) is 2.77. The first-order valence-corrected chi connectivity index (χ1v) is 7.31. The van der Waals surface area contributed by atoms with Crippen LogP contribution < -0.4 is 4.74 Å². The van der Waals surface area contributed by atoms with Gasteiger partial charge in [-0.1, -0.05) is 12.1 Å². The summed E-state index contributed by atoms with van der Waals surface area (Å²) < 4.78 is 5.59. The summed E-state index contributed by atoms with van der Waals surface area (Å²) in [6, 6.07) is 7.91. The molecule has 1 aromatic heterocycles. The summed E-state index contributed by atoms with van der Waals surface area (Å²) in [6.45, 7) is 3.99. The molecule has 106 valence electrons. The maximum absolute atomic E-state index is 10.6. The first kappa shape index (κ1) is 14.5. The molecule has 0 aliphatic rings. The van der Waals surface area contributed by atoms with Gasteiger partial charge in [-0.2, -0.15) is 0 Å². The van der Waals surface area contributed by atoms with Crippen molar-refractivity contribution in [2.75, 3.05) is 0 Å². The molecule has 0 bridgehead atoms. The van der Waals surface area contributed by atoms with Crippen LogP contribution in [0.2, 0.25) is 0 Å². The van der Waals surface area contributed by atoms with Crippen LogP contribution in [0.1, 0.15) is 30.1 Å². The number of hydrogen-bond acceptors (Lipinski definition) is 4. The van der Waals surface area contributed by atoms with Crippen molar-refractivity contribution < 1.29 is 14.6 Å². The molecule has 0 radical (unpaired) electrons. The smallest absolute Gasteiger partial charge is 0.309 e. The van der Waals surface area contributed by atoms with Crippen molar-refractivity contribution in [3.8, 4) is 5.75 Å². The summed E-state index contributed by atoms with van der Waals surface area (Å²) in [5.41, 5.74) is 1.76. The van der Waals surface area contributed by atoms with E-state index in [1.807, 2.05) is 38.1 Å². The third-order valence-electron chi connectivity index (χ3n) is 2.58. The highest BCUT2D eigenvalue weighted by Crippen LogP contribution is 2.18. The van der Waals surface area contributed by atoms with Gasteiger partial charge in [0.25, 0.3) is 0 Å². The molecule has 0 atom stereocenters. The molecule has 20 heavy (non-hydrogen) atoms. The average molecular weight is 291 g/mol. The van der Waals surface area contributed by atoms with Crippen LogP contribution >= 0.6 is 11.3 Å². The molecule has 2 rings (SSSR count). The van der Waals surface area contributed by atoms with E-state index in [0.29, 0.717) is 12.1 Å². The maximum Gasteiger partial charge on any atom is 0.309 e. The van der Waals surface area contributed by atoms with E-state index in [1.54, 1.807) is 5.38 Å². The molecule has 5 heteroatoms. The van der Waals surface area contributed by atoms with E-state index in [4.69, 9.17) is 9.84 Å². The lowest BCUT2D eigenvalue weighted by Gasteiger charge is -2.09. The largest absolute Gasteiger partial charge is 0.491 e. The normalized spacial score (nSPS) is 10.8. The van der Waals surface area contributed by atoms with E-state index in [1.165, 1.54) is 11.3 Å². The zero-order chi connectivity index (χ0) is 14.5. The number of carboxylic acid groups (broad SMARTS) is 1. The van der Waals surface area contributed by atoms with Gasteiger partial charge in [0.15, 0.2) is 0 Å². The molecule has 0 unspecified atom stereocenters. The van der Waals surface area contributed by atoms with Crippen LogP contribution in [0.15, 0.2) is 29.6 Å². The number of thiazole rings is 1. The topological polar surface area (TPSA) is 59.4 Å². The van der Waals surface area contributed by atoms with E-state index >= 15 is 0 Å². The van der Waals surface area contributed by atoms with E-state index in [0.717, 1.165) is 16.3 Å². The molecule has 1 heterocycles. The third kappa shape index (κ3) is 4.35. The number of aliphatic carboxylic acids is 1. The Morgan fingerprint density at radius 2 is 2.05 bits per heavy atom. The fraction of sp³-hybridized carbons (Fsp3) is 0.333.